The second-order valence-electron chi connectivity index (χ2n) is 5.21. The van der Waals surface area contributed by atoms with E-state index in [2.05, 4.69) is 10.6 Å². The number of fused-ring (bicyclic) bond motifs is 1. The van der Waals surface area contributed by atoms with Gasteiger partial charge in [0, 0.05) is 25.2 Å². The average molecular weight is 336 g/mol. The Morgan fingerprint density at radius 1 is 1.21 bits per heavy atom. The van der Waals surface area contributed by atoms with Gasteiger partial charge < -0.3 is 24.8 Å². The van der Waals surface area contributed by atoms with Crippen LogP contribution < -0.4 is 20.1 Å². The number of amides is 2. The number of hydrogen-bond acceptors (Lipinski definition) is 6. The summed E-state index contributed by atoms with van der Waals surface area (Å²) in [5.74, 6) is -0.0731. The fourth-order valence-corrected chi connectivity index (χ4v) is 2.02. The summed E-state index contributed by atoms with van der Waals surface area (Å²) in [6.07, 6.45) is -0.954. The van der Waals surface area contributed by atoms with Crippen molar-refractivity contribution in [1.82, 2.24) is 5.32 Å². The van der Waals surface area contributed by atoms with Crippen molar-refractivity contribution < 1.29 is 28.6 Å². The van der Waals surface area contributed by atoms with Crippen LogP contribution in [-0.2, 0) is 19.1 Å². The number of nitrogens with one attached hydrogen (secondary N) is 2. The Labute approximate surface area is 139 Å². The molecule has 0 bridgehead atoms. The van der Waals surface area contributed by atoms with Gasteiger partial charge in [0.05, 0.1) is 6.42 Å². The van der Waals surface area contributed by atoms with Crippen LogP contribution in [0.15, 0.2) is 18.2 Å². The summed E-state index contributed by atoms with van der Waals surface area (Å²) < 4.78 is 15.9. The molecule has 1 aromatic rings. The van der Waals surface area contributed by atoms with E-state index >= 15 is 0 Å². The predicted octanol–water partition coefficient (Wildman–Crippen LogP) is 0.854. The lowest BCUT2D eigenvalue weighted by atomic mass is 10.2. The Balaban J connectivity index is 1.83. The van der Waals surface area contributed by atoms with E-state index in [1.165, 1.54) is 13.8 Å². The fourth-order valence-electron chi connectivity index (χ4n) is 2.02. The number of rotatable bonds is 6. The largest absolute Gasteiger partial charge is 0.486 e. The van der Waals surface area contributed by atoms with Gasteiger partial charge in [-0.15, -0.1) is 0 Å². The van der Waals surface area contributed by atoms with Crippen molar-refractivity contribution in [3.05, 3.63) is 18.2 Å². The highest BCUT2D eigenvalue weighted by Gasteiger charge is 2.19. The van der Waals surface area contributed by atoms with Gasteiger partial charge in [-0.25, -0.2) is 0 Å². The molecule has 24 heavy (non-hydrogen) atoms. The van der Waals surface area contributed by atoms with E-state index in [0.717, 1.165) is 0 Å². The molecule has 8 nitrogen and oxygen atoms in total. The van der Waals surface area contributed by atoms with Gasteiger partial charge in [-0.1, -0.05) is 0 Å². The third-order valence-corrected chi connectivity index (χ3v) is 3.19. The Kier molecular flexibility index (Phi) is 6.00. The van der Waals surface area contributed by atoms with Crippen LogP contribution in [0.5, 0.6) is 11.5 Å². The molecular formula is C16H20N2O6. The average Bonchev–Trinajstić information content (AvgIpc) is 2.54. The maximum atomic E-state index is 12.1. The van der Waals surface area contributed by atoms with Crippen LogP contribution in [0.4, 0.5) is 5.69 Å². The molecule has 8 heteroatoms. The van der Waals surface area contributed by atoms with Gasteiger partial charge in [-0.3, -0.25) is 14.4 Å². The van der Waals surface area contributed by atoms with Gasteiger partial charge in [-0.05, 0) is 19.1 Å². The van der Waals surface area contributed by atoms with Crippen LogP contribution in [0.1, 0.15) is 20.3 Å². The van der Waals surface area contributed by atoms with E-state index in [9.17, 15) is 14.4 Å². The van der Waals surface area contributed by atoms with Gasteiger partial charge in [0.2, 0.25) is 5.91 Å². The number of esters is 1. The third kappa shape index (κ3) is 5.15. The van der Waals surface area contributed by atoms with Gasteiger partial charge in [0.15, 0.2) is 17.6 Å². The molecule has 2 N–H and O–H groups in total. The summed E-state index contributed by atoms with van der Waals surface area (Å²) in [5.41, 5.74) is 0.519. The van der Waals surface area contributed by atoms with Crippen LogP contribution in [-0.4, -0.2) is 43.6 Å². The Bertz CT molecular complexity index is 631. The summed E-state index contributed by atoms with van der Waals surface area (Å²) in [6.45, 7) is 3.94. The summed E-state index contributed by atoms with van der Waals surface area (Å²) in [4.78, 5) is 34.4. The topological polar surface area (TPSA) is 103 Å². The monoisotopic (exact) mass is 336 g/mol. The van der Waals surface area contributed by atoms with Gasteiger partial charge in [0.1, 0.15) is 13.2 Å². The van der Waals surface area contributed by atoms with Crippen molar-refractivity contribution in [1.29, 1.82) is 0 Å². The summed E-state index contributed by atoms with van der Waals surface area (Å²) >= 11 is 0. The van der Waals surface area contributed by atoms with E-state index in [-0.39, 0.29) is 18.9 Å². The molecule has 2 rings (SSSR count). The van der Waals surface area contributed by atoms with Crippen LogP contribution in [0.25, 0.3) is 0 Å². The zero-order chi connectivity index (χ0) is 17.5. The smallest absolute Gasteiger partial charge is 0.308 e. The Morgan fingerprint density at radius 3 is 2.62 bits per heavy atom. The quantitative estimate of drug-likeness (QED) is 0.747. The summed E-state index contributed by atoms with van der Waals surface area (Å²) in [5, 5.41) is 5.13. The van der Waals surface area contributed by atoms with Crippen molar-refractivity contribution in [2.24, 2.45) is 0 Å². The molecule has 0 aliphatic carbocycles. The van der Waals surface area contributed by atoms with Gasteiger partial charge >= 0.3 is 5.97 Å². The van der Waals surface area contributed by atoms with Crippen molar-refractivity contribution in [3.8, 4) is 11.5 Å². The summed E-state index contributed by atoms with van der Waals surface area (Å²) in [6, 6.07) is 5.03. The molecule has 0 radical (unpaired) electrons. The molecule has 1 aromatic carbocycles. The van der Waals surface area contributed by atoms with Crippen LogP contribution >= 0.6 is 0 Å². The lowest BCUT2D eigenvalue weighted by Crippen LogP contribution is -2.31. The number of ether oxygens (including phenoxy) is 3. The van der Waals surface area contributed by atoms with Crippen LogP contribution in [0, 0.1) is 0 Å². The minimum absolute atomic E-state index is 0.00121. The second-order valence-corrected chi connectivity index (χ2v) is 5.21. The van der Waals surface area contributed by atoms with Crippen molar-refractivity contribution in [2.45, 2.75) is 26.4 Å². The SMILES string of the molecule is CC(=O)NCCC(=O)O[C@@H](C)C(=O)Nc1ccc2c(c1)OCCO2. The maximum Gasteiger partial charge on any atom is 0.308 e. The number of carbonyl (C=O) groups is 3. The third-order valence-electron chi connectivity index (χ3n) is 3.19. The Morgan fingerprint density at radius 2 is 1.92 bits per heavy atom. The van der Waals surface area contributed by atoms with E-state index in [1.54, 1.807) is 18.2 Å². The molecule has 0 unspecified atom stereocenters. The minimum atomic E-state index is -0.956. The second kappa shape index (κ2) is 8.19. The lowest BCUT2D eigenvalue weighted by Gasteiger charge is -2.19. The molecule has 0 saturated carbocycles. The fraction of sp³-hybridized carbons (Fsp3) is 0.438. The molecule has 1 aliphatic heterocycles. The lowest BCUT2D eigenvalue weighted by molar-refractivity contribution is -0.153. The van der Waals surface area contributed by atoms with Crippen molar-refractivity contribution in [2.75, 3.05) is 25.1 Å². The van der Waals surface area contributed by atoms with E-state index in [0.29, 0.717) is 30.4 Å². The van der Waals surface area contributed by atoms with E-state index in [4.69, 9.17) is 14.2 Å². The van der Waals surface area contributed by atoms with Gasteiger partial charge in [-0.2, -0.15) is 0 Å². The summed E-state index contributed by atoms with van der Waals surface area (Å²) in [7, 11) is 0. The standard InChI is InChI=1S/C16H20N2O6/c1-10(24-15(20)5-6-17-11(2)19)16(21)18-12-3-4-13-14(9-12)23-8-7-22-13/h3-4,9-10H,5-8H2,1-2H3,(H,17,19)(H,18,21)/t10-/m0/s1. The normalized spacial score (nSPS) is 13.6. The molecule has 0 fully saturated rings. The molecular weight excluding hydrogens is 316 g/mol. The molecule has 1 aliphatic rings. The highest BCUT2D eigenvalue weighted by molar-refractivity contribution is 5.95. The number of carbonyl (C=O) groups excluding carboxylic acids is 3. The van der Waals surface area contributed by atoms with Crippen molar-refractivity contribution in [3.63, 3.8) is 0 Å². The van der Waals surface area contributed by atoms with E-state index in [1.807, 2.05) is 0 Å². The first-order valence-electron chi connectivity index (χ1n) is 7.60. The number of benzene rings is 1. The zero-order valence-electron chi connectivity index (χ0n) is 13.6. The van der Waals surface area contributed by atoms with Crippen LogP contribution in [0.2, 0.25) is 0 Å². The predicted molar refractivity (Wildman–Crippen MR) is 84.9 cm³/mol. The molecule has 0 aromatic heterocycles. The molecule has 0 spiro atoms. The minimum Gasteiger partial charge on any atom is -0.486 e. The molecule has 0 saturated heterocycles. The number of hydrogen-bond donors (Lipinski definition) is 2. The first-order valence-corrected chi connectivity index (χ1v) is 7.60. The first-order chi connectivity index (χ1) is 11.5. The molecule has 2 amide bonds. The highest BCUT2D eigenvalue weighted by Crippen LogP contribution is 2.32. The Hall–Kier alpha value is -2.77. The van der Waals surface area contributed by atoms with Crippen molar-refractivity contribution >= 4 is 23.5 Å². The van der Waals surface area contributed by atoms with Gasteiger partial charge in [0.25, 0.3) is 5.91 Å². The first kappa shape index (κ1) is 17.6. The molecule has 1 atom stereocenters. The zero-order valence-corrected chi connectivity index (χ0v) is 13.6. The molecule has 1 heterocycles. The molecule has 130 valence electrons. The maximum absolute atomic E-state index is 12.1. The highest BCUT2D eigenvalue weighted by atomic mass is 16.6. The van der Waals surface area contributed by atoms with Crippen LogP contribution in [0.3, 0.4) is 0 Å². The van der Waals surface area contributed by atoms with E-state index < -0.39 is 18.0 Å². The number of anilines is 1.